The number of nitrogens with two attached hydrogens (primary N) is 1. The van der Waals surface area contributed by atoms with Gasteiger partial charge in [-0.2, -0.15) is 0 Å². The zero-order valence-electron chi connectivity index (χ0n) is 13.1. The molecule has 0 radical (unpaired) electrons. The molecular formula is C15H24N2O2S. The number of aryl methyl sites for hydroxylation is 1. The Morgan fingerprint density at radius 2 is 1.75 bits per heavy atom. The quantitative estimate of drug-likeness (QED) is 0.684. The molecule has 0 aliphatic rings. The molecule has 0 saturated carbocycles. The first-order chi connectivity index (χ1) is 9.26. The number of hydrogen-bond acceptors (Lipinski definition) is 4. The molecule has 0 aliphatic heterocycles. The topological polar surface area (TPSA) is 56.8 Å². The Labute approximate surface area is 125 Å². The van der Waals surface area contributed by atoms with Crippen LogP contribution in [0.2, 0.25) is 0 Å². The van der Waals surface area contributed by atoms with Crippen molar-refractivity contribution in [3.8, 4) is 11.5 Å². The number of thioether (sulfide) groups is 1. The van der Waals surface area contributed by atoms with Gasteiger partial charge < -0.3 is 15.2 Å². The SMILES string of the molecule is COc1cc(C)c(CSC(N)=NC(C)(C)C)cc1OC. The molecular weight excluding hydrogens is 272 g/mol. The first kappa shape index (κ1) is 16.7. The van der Waals surface area contributed by atoms with E-state index in [2.05, 4.69) is 11.9 Å². The van der Waals surface area contributed by atoms with Gasteiger partial charge in [0.1, 0.15) is 0 Å². The largest absolute Gasteiger partial charge is 0.493 e. The van der Waals surface area contributed by atoms with Gasteiger partial charge in [0.2, 0.25) is 0 Å². The monoisotopic (exact) mass is 296 g/mol. The second-order valence-corrected chi connectivity index (χ2v) is 6.54. The minimum Gasteiger partial charge on any atom is -0.493 e. The lowest BCUT2D eigenvalue weighted by molar-refractivity contribution is 0.354. The molecule has 1 aromatic carbocycles. The van der Waals surface area contributed by atoms with Crippen LogP contribution in [0.1, 0.15) is 31.9 Å². The summed E-state index contributed by atoms with van der Waals surface area (Å²) >= 11 is 1.53. The number of aliphatic imine (C=N–C) groups is 1. The maximum Gasteiger partial charge on any atom is 0.161 e. The van der Waals surface area contributed by atoms with Crippen molar-refractivity contribution in [3.05, 3.63) is 23.3 Å². The molecule has 5 heteroatoms. The van der Waals surface area contributed by atoms with E-state index < -0.39 is 0 Å². The van der Waals surface area contributed by atoms with E-state index in [4.69, 9.17) is 15.2 Å². The molecule has 0 atom stereocenters. The number of ether oxygens (including phenoxy) is 2. The number of amidine groups is 1. The standard InChI is InChI=1S/C15H24N2O2S/c1-10-7-12(18-5)13(19-6)8-11(10)9-20-14(16)17-15(2,3)4/h7-8H,9H2,1-6H3,(H2,16,17). The van der Waals surface area contributed by atoms with Crippen molar-refractivity contribution in [3.63, 3.8) is 0 Å². The molecule has 0 aromatic heterocycles. The fourth-order valence-corrected chi connectivity index (χ4v) is 2.65. The molecule has 0 fully saturated rings. The Balaban J connectivity index is 2.86. The van der Waals surface area contributed by atoms with E-state index in [0.717, 1.165) is 22.8 Å². The molecule has 0 bridgehead atoms. The third-order valence-electron chi connectivity index (χ3n) is 2.66. The summed E-state index contributed by atoms with van der Waals surface area (Å²) in [6.45, 7) is 8.14. The van der Waals surface area contributed by atoms with Crippen LogP contribution in [0.5, 0.6) is 11.5 Å². The molecule has 0 spiro atoms. The Morgan fingerprint density at radius 3 is 2.25 bits per heavy atom. The normalized spacial score (nSPS) is 12.4. The van der Waals surface area contributed by atoms with Gasteiger partial charge in [0, 0.05) is 5.75 Å². The maximum absolute atomic E-state index is 5.94. The molecule has 112 valence electrons. The van der Waals surface area contributed by atoms with Crippen molar-refractivity contribution in [2.75, 3.05) is 14.2 Å². The van der Waals surface area contributed by atoms with Crippen LogP contribution in [0.15, 0.2) is 17.1 Å². The number of methoxy groups -OCH3 is 2. The summed E-state index contributed by atoms with van der Waals surface area (Å²) in [6, 6.07) is 3.97. The molecule has 0 heterocycles. The molecule has 0 amide bonds. The third-order valence-corrected chi connectivity index (χ3v) is 3.51. The second kappa shape index (κ2) is 6.88. The fraction of sp³-hybridized carbons (Fsp3) is 0.533. The average molecular weight is 296 g/mol. The summed E-state index contributed by atoms with van der Waals surface area (Å²) in [7, 11) is 3.28. The maximum atomic E-state index is 5.94. The van der Waals surface area contributed by atoms with Gasteiger partial charge in [-0.3, -0.25) is 4.99 Å². The van der Waals surface area contributed by atoms with E-state index in [-0.39, 0.29) is 5.54 Å². The third kappa shape index (κ3) is 4.96. The average Bonchev–Trinajstić information content (AvgIpc) is 2.34. The first-order valence-corrected chi connectivity index (χ1v) is 7.45. The van der Waals surface area contributed by atoms with Crippen molar-refractivity contribution < 1.29 is 9.47 Å². The van der Waals surface area contributed by atoms with Gasteiger partial charge in [-0.25, -0.2) is 0 Å². The van der Waals surface area contributed by atoms with Crippen molar-refractivity contribution >= 4 is 16.9 Å². The van der Waals surface area contributed by atoms with Crippen molar-refractivity contribution in [1.29, 1.82) is 0 Å². The summed E-state index contributed by atoms with van der Waals surface area (Å²) in [5.74, 6) is 2.24. The lowest BCUT2D eigenvalue weighted by atomic mass is 10.1. The van der Waals surface area contributed by atoms with E-state index in [1.54, 1.807) is 14.2 Å². The lowest BCUT2D eigenvalue weighted by Crippen LogP contribution is -2.17. The van der Waals surface area contributed by atoms with Crippen LogP contribution in [-0.4, -0.2) is 24.9 Å². The molecule has 0 unspecified atom stereocenters. The highest BCUT2D eigenvalue weighted by atomic mass is 32.2. The van der Waals surface area contributed by atoms with Crippen LogP contribution in [0.25, 0.3) is 0 Å². The van der Waals surface area contributed by atoms with Crippen LogP contribution in [0, 0.1) is 6.92 Å². The van der Waals surface area contributed by atoms with Crippen LogP contribution in [0.3, 0.4) is 0 Å². The van der Waals surface area contributed by atoms with Crippen LogP contribution in [0.4, 0.5) is 0 Å². The van der Waals surface area contributed by atoms with Crippen molar-refractivity contribution in [2.24, 2.45) is 10.7 Å². The van der Waals surface area contributed by atoms with Crippen LogP contribution < -0.4 is 15.2 Å². The summed E-state index contributed by atoms with van der Waals surface area (Å²) in [6.07, 6.45) is 0. The van der Waals surface area contributed by atoms with E-state index >= 15 is 0 Å². The minimum atomic E-state index is -0.149. The highest BCUT2D eigenvalue weighted by molar-refractivity contribution is 8.13. The van der Waals surface area contributed by atoms with Crippen LogP contribution in [-0.2, 0) is 5.75 Å². The Morgan fingerprint density at radius 1 is 1.20 bits per heavy atom. The van der Waals surface area contributed by atoms with E-state index in [0.29, 0.717) is 5.17 Å². The van der Waals surface area contributed by atoms with Gasteiger partial charge in [0.25, 0.3) is 0 Å². The number of benzene rings is 1. The lowest BCUT2D eigenvalue weighted by Gasteiger charge is -2.15. The summed E-state index contributed by atoms with van der Waals surface area (Å²) in [4.78, 5) is 4.43. The van der Waals surface area contributed by atoms with Gasteiger partial charge in [0.15, 0.2) is 16.7 Å². The molecule has 1 rings (SSSR count). The smallest absolute Gasteiger partial charge is 0.161 e. The van der Waals surface area contributed by atoms with Crippen molar-refractivity contribution in [2.45, 2.75) is 39.0 Å². The van der Waals surface area contributed by atoms with Gasteiger partial charge in [-0.1, -0.05) is 11.8 Å². The van der Waals surface area contributed by atoms with E-state index in [1.807, 2.05) is 32.9 Å². The van der Waals surface area contributed by atoms with E-state index in [9.17, 15) is 0 Å². The number of rotatable bonds is 4. The van der Waals surface area contributed by atoms with Gasteiger partial charge in [-0.15, -0.1) is 0 Å². The summed E-state index contributed by atoms with van der Waals surface area (Å²) in [5.41, 5.74) is 8.11. The minimum absolute atomic E-state index is 0.149. The first-order valence-electron chi connectivity index (χ1n) is 6.46. The predicted molar refractivity (Wildman–Crippen MR) is 87.0 cm³/mol. The van der Waals surface area contributed by atoms with Crippen LogP contribution >= 0.6 is 11.8 Å². The van der Waals surface area contributed by atoms with Gasteiger partial charge >= 0.3 is 0 Å². The zero-order chi connectivity index (χ0) is 15.3. The van der Waals surface area contributed by atoms with Gasteiger partial charge in [-0.05, 0) is 51.0 Å². The molecule has 0 saturated heterocycles. The van der Waals surface area contributed by atoms with E-state index in [1.165, 1.54) is 17.3 Å². The zero-order valence-corrected chi connectivity index (χ0v) is 13.9. The highest BCUT2D eigenvalue weighted by Crippen LogP contribution is 2.31. The van der Waals surface area contributed by atoms with Crippen molar-refractivity contribution in [1.82, 2.24) is 0 Å². The Hall–Kier alpha value is -1.36. The molecule has 1 aromatic rings. The number of hydrogen-bond donors (Lipinski definition) is 1. The fourth-order valence-electron chi connectivity index (χ4n) is 1.69. The van der Waals surface area contributed by atoms with Gasteiger partial charge in [0.05, 0.1) is 19.8 Å². The molecule has 0 aliphatic carbocycles. The molecule has 2 N–H and O–H groups in total. The summed E-state index contributed by atoms with van der Waals surface area (Å²) < 4.78 is 10.6. The Kier molecular flexibility index (Phi) is 5.74. The predicted octanol–water partition coefficient (Wildman–Crippen LogP) is 3.36. The number of nitrogens with zero attached hydrogens (tertiary/aromatic N) is 1. The highest BCUT2D eigenvalue weighted by Gasteiger charge is 2.11. The molecule has 4 nitrogen and oxygen atoms in total. The Bertz CT molecular complexity index is 493. The summed E-state index contributed by atoms with van der Waals surface area (Å²) in [5, 5.41) is 0.603. The second-order valence-electron chi connectivity index (χ2n) is 5.54. The molecule has 20 heavy (non-hydrogen) atoms.